The number of halogens is 3. The minimum absolute atomic E-state index is 0.0205. The van der Waals surface area contributed by atoms with Gasteiger partial charge in [-0.15, -0.1) is 0 Å². The van der Waals surface area contributed by atoms with E-state index in [-0.39, 0.29) is 21.7 Å². The lowest BCUT2D eigenvalue weighted by molar-refractivity contribution is -0.144. The summed E-state index contributed by atoms with van der Waals surface area (Å²) >= 11 is 0. The van der Waals surface area contributed by atoms with E-state index in [1.165, 1.54) is 42.5 Å². The molecular formula is C23H20F3N3O3S. The predicted octanol–water partition coefficient (Wildman–Crippen LogP) is 4.81. The van der Waals surface area contributed by atoms with Crippen LogP contribution in [0.5, 0.6) is 0 Å². The van der Waals surface area contributed by atoms with Crippen molar-refractivity contribution in [2.75, 3.05) is 11.6 Å². The number of hydrogen-bond donors (Lipinski definition) is 1. The van der Waals surface area contributed by atoms with Gasteiger partial charge >= 0.3 is 6.18 Å². The topological polar surface area (TPSA) is 81.1 Å². The average Bonchev–Trinajstić information content (AvgIpc) is 3.10. The first-order valence-electron chi connectivity index (χ1n) is 9.63. The molecule has 33 heavy (non-hydrogen) atoms. The molecule has 3 aromatic rings. The smallest absolute Gasteiger partial charge is 0.324 e. The number of carbonyl (C=O) groups is 1. The molecule has 0 unspecified atom stereocenters. The monoisotopic (exact) mass is 475 g/mol. The van der Waals surface area contributed by atoms with Crippen LogP contribution in [-0.2, 0) is 27.4 Å². The van der Waals surface area contributed by atoms with E-state index in [9.17, 15) is 26.4 Å². The van der Waals surface area contributed by atoms with E-state index in [2.05, 4.69) is 17.0 Å². The zero-order chi connectivity index (χ0) is 24.2. The molecule has 10 heteroatoms. The number of sulfone groups is 1. The molecule has 2 aromatic carbocycles. The Balaban J connectivity index is 2.09. The first-order valence-corrected chi connectivity index (χ1v) is 11.5. The van der Waals surface area contributed by atoms with E-state index in [1.807, 2.05) is 0 Å². The summed E-state index contributed by atoms with van der Waals surface area (Å²) in [6.07, 6.45) is 0.0628. The number of para-hydroxylation sites is 1. The van der Waals surface area contributed by atoms with Gasteiger partial charge in [-0.2, -0.15) is 18.3 Å². The first-order chi connectivity index (χ1) is 15.5. The number of amides is 1. The van der Waals surface area contributed by atoms with Gasteiger partial charge in [0.15, 0.2) is 15.5 Å². The van der Waals surface area contributed by atoms with Crippen molar-refractivity contribution in [3.8, 4) is 11.3 Å². The molecule has 0 bridgehead atoms. The van der Waals surface area contributed by atoms with Crippen molar-refractivity contribution in [1.82, 2.24) is 9.78 Å². The quantitative estimate of drug-likeness (QED) is 0.498. The van der Waals surface area contributed by atoms with Crippen LogP contribution in [0.25, 0.3) is 17.3 Å². The second kappa shape index (κ2) is 9.45. The number of hydrogen-bond acceptors (Lipinski definition) is 4. The Hall–Kier alpha value is -3.66. The largest absolute Gasteiger partial charge is 0.433 e. The summed E-state index contributed by atoms with van der Waals surface area (Å²) in [6, 6.07) is 13.7. The summed E-state index contributed by atoms with van der Waals surface area (Å²) in [7, 11) is -3.48. The van der Waals surface area contributed by atoms with Crippen LogP contribution in [0.2, 0.25) is 0 Å². The second-order valence-electron chi connectivity index (χ2n) is 7.07. The molecule has 0 radical (unpaired) electrons. The Labute approximate surface area is 189 Å². The minimum Gasteiger partial charge on any atom is -0.324 e. The van der Waals surface area contributed by atoms with Crippen LogP contribution in [0, 0.1) is 0 Å². The molecule has 0 saturated carbocycles. The van der Waals surface area contributed by atoms with Gasteiger partial charge in [0.25, 0.3) is 0 Å². The van der Waals surface area contributed by atoms with Crippen molar-refractivity contribution < 1.29 is 26.4 Å². The van der Waals surface area contributed by atoms with Gasteiger partial charge in [0.2, 0.25) is 5.91 Å². The SMILES string of the molecule is C=C/C=C/c1c(-c2ccc(S(C)(=O)=O)cc2)nn(CC(=O)Nc2ccccc2)c1C(F)(F)F. The zero-order valence-electron chi connectivity index (χ0n) is 17.5. The van der Waals surface area contributed by atoms with E-state index in [1.54, 1.807) is 30.3 Å². The fraction of sp³-hybridized carbons (Fsp3) is 0.130. The number of carbonyl (C=O) groups excluding carboxylic acids is 1. The summed E-state index contributed by atoms with van der Waals surface area (Å²) in [4.78, 5) is 12.5. The maximum Gasteiger partial charge on any atom is 0.433 e. The molecule has 172 valence electrons. The lowest BCUT2D eigenvalue weighted by atomic mass is 10.0. The van der Waals surface area contributed by atoms with Crippen LogP contribution in [0.3, 0.4) is 0 Å². The van der Waals surface area contributed by atoms with Crippen LogP contribution in [0.1, 0.15) is 11.3 Å². The van der Waals surface area contributed by atoms with Crippen LogP contribution in [-0.4, -0.2) is 30.4 Å². The highest BCUT2D eigenvalue weighted by Gasteiger charge is 2.40. The van der Waals surface area contributed by atoms with Crippen LogP contribution in [0.15, 0.2) is 78.2 Å². The van der Waals surface area contributed by atoms with Gasteiger partial charge in [-0.1, -0.05) is 55.1 Å². The third kappa shape index (κ3) is 5.78. The van der Waals surface area contributed by atoms with E-state index < -0.39 is 34.2 Å². The molecular weight excluding hydrogens is 455 g/mol. The molecule has 1 N–H and O–H groups in total. The lowest BCUT2D eigenvalue weighted by Crippen LogP contribution is -2.24. The molecule has 0 saturated heterocycles. The molecule has 1 amide bonds. The van der Waals surface area contributed by atoms with Gasteiger partial charge in [0, 0.05) is 23.1 Å². The molecule has 0 fully saturated rings. The van der Waals surface area contributed by atoms with Gasteiger partial charge in [-0.25, -0.2) is 13.1 Å². The molecule has 0 aliphatic carbocycles. The average molecular weight is 475 g/mol. The highest BCUT2D eigenvalue weighted by Crippen LogP contribution is 2.38. The summed E-state index contributed by atoms with van der Waals surface area (Å²) < 4.78 is 66.1. The van der Waals surface area contributed by atoms with Crippen molar-refractivity contribution >= 4 is 27.5 Å². The Bertz CT molecular complexity index is 1290. The van der Waals surface area contributed by atoms with Crippen molar-refractivity contribution in [1.29, 1.82) is 0 Å². The third-order valence-corrected chi connectivity index (χ3v) is 5.69. The highest BCUT2D eigenvalue weighted by molar-refractivity contribution is 7.90. The van der Waals surface area contributed by atoms with Gasteiger partial charge in [-0.05, 0) is 24.3 Å². The van der Waals surface area contributed by atoms with Crippen LogP contribution in [0.4, 0.5) is 18.9 Å². The minimum atomic E-state index is -4.81. The van der Waals surface area contributed by atoms with Crippen molar-refractivity contribution in [2.45, 2.75) is 17.6 Å². The zero-order valence-corrected chi connectivity index (χ0v) is 18.3. The second-order valence-corrected chi connectivity index (χ2v) is 9.09. The summed E-state index contributed by atoms with van der Waals surface area (Å²) in [5, 5.41) is 6.61. The summed E-state index contributed by atoms with van der Waals surface area (Å²) in [5.74, 6) is -0.688. The molecule has 1 heterocycles. The maximum absolute atomic E-state index is 14.0. The fourth-order valence-corrected chi connectivity index (χ4v) is 3.77. The normalized spacial score (nSPS) is 12.1. The fourth-order valence-electron chi connectivity index (χ4n) is 3.14. The Kier molecular flexibility index (Phi) is 6.87. The van der Waals surface area contributed by atoms with Gasteiger partial charge in [0.1, 0.15) is 12.2 Å². The molecule has 3 rings (SSSR count). The predicted molar refractivity (Wildman–Crippen MR) is 120 cm³/mol. The van der Waals surface area contributed by atoms with Crippen LogP contribution >= 0.6 is 0 Å². The van der Waals surface area contributed by atoms with Gasteiger partial charge in [0.05, 0.1) is 4.90 Å². The van der Waals surface area contributed by atoms with E-state index in [0.29, 0.717) is 10.4 Å². The van der Waals surface area contributed by atoms with E-state index >= 15 is 0 Å². The number of alkyl halides is 3. The summed E-state index contributed by atoms with van der Waals surface area (Å²) in [6.45, 7) is 2.80. The molecule has 0 aliphatic heterocycles. The van der Waals surface area contributed by atoms with Crippen molar-refractivity contribution in [2.24, 2.45) is 0 Å². The number of nitrogens with zero attached hydrogens (tertiary/aromatic N) is 2. The number of aromatic nitrogens is 2. The van der Waals surface area contributed by atoms with Gasteiger partial charge in [-0.3, -0.25) is 4.79 Å². The number of allylic oxidation sites excluding steroid dienone is 2. The number of rotatable bonds is 7. The van der Waals surface area contributed by atoms with Crippen LogP contribution < -0.4 is 5.32 Å². The van der Waals surface area contributed by atoms with Gasteiger partial charge < -0.3 is 5.32 Å². The van der Waals surface area contributed by atoms with Crippen molar-refractivity contribution in [3.63, 3.8) is 0 Å². The Morgan fingerprint density at radius 2 is 1.76 bits per heavy atom. The maximum atomic E-state index is 14.0. The van der Waals surface area contributed by atoms with Crippen molar-refractivity contribution in [3.05, 3.63) is 84.6 Å². The number of benzene rings is 2. The number of anilines is 1. The first kappa shape index (κ1) is 24.0. The lowest BCUT2D eigenvalue weighted by Gasteiger charge is -2.12. The molecule has 0 aliphatic rings. The standard InChI is InChI=1S/C23H20F3N3O3S/c1-3-4-10-19-21(16-11-13-18(14-12-16)33(2,31)32)28-29(22(19)23(24,25)26)15-20(30)27-17-8-6-5-7-9-17/h3-14H,1,15H2,2H3,(H,27,30)/b10-4+. The Morgan fingerprint density at radius 3 is 2.30 bits per heavy atom. The number of nitrogens with one attached hydrogen (secondary N) is 1. The third-order valence-electron chi connectivity index (χ3n) is 4.56. The molecule has 0 spiro atoms. The Morgan fingerprint density at radius 1 is 1.12 bits per heavy atom. The summed E-state index contributed by atoms with van der Waals surface area (Å²) in [5.41, 5.74) is -0.716. The molecule has 1 aromatic heterocycles. The molecule has 6 nitrogen and oxygen atoms in total. The highest BCUT2D eigenvalue weighted by atomic mass is 32.2. The van der Waals surface area contributed by atoms with E-state index in [0.717, 1.165) is 6.26 Å². The molecule has 0 atom stereocenters. The van der Waals surface area contributed by atoms with E-state index in [4.69, 9.17) is 0 Å².